The first-order valence-electron chi connectivity index (χ1n) is 6.57. The van der Waals surface area contributed by atoms with Gasteiger partial charge in [-0.15, -0.1) is 0 Å². The Balaban J connectivity index is 1.68. The van der Waals surface area contributed by atoms with Crippen molar-refractivity contribution in [1.82, 2.24) is 0 Å². The van der Waals surface area contributed by atoms with Crippen molar-refractivity contribution in [3.63, 3.8) is 0 Å². The van der Waals surface area contributed by atoms with Gasteiger partial charge in [-0.25, -0.2) is 0 Å². The van der Waals surface area contributed by atoms with Crippen LogP contribution in [0, 0.1) is 0 Å². The fraction of sp³-hybridized carbons (Fsp3) is 0.571. The standard InChI is InChI=1S/C14H21NO4/c15-7-11-2-1-3-13(6-11)18-8-12(16)9-19-14-4-5-17-10-14/h1-3,6,12,14,16H,4-5,7-10,15H2. The quantitative estimate of drug-likeness (QED) is 0.760. The minimum absolute atomic E-state index is 0.107. The van der Waals surface area contributed by atoms with Crippen molar-refractivity contribution in [1.29, 1.82) is 0 Å². The third kappa shape index (κ3) is 4.80. The largest absolute Gasteiger partial charge is 0.491 e. The van der Waals surface area contributed by atoms with Gasteiger partial charge in [-0.1, -0.05) is 12.1 Å². The molecule has 2 atom stereocenters. The lowest BCUT2D eigenvalue weighted by Gasteiger charge is -2.15. The number of ether oxygens (including phenoxy) is 3. The smallest absolute Gasteiger partial charge is 0.119 e. The van der Waals surface area contributed by atoms with Crippen LogP contribution in [0.3, 0.4) is 0 Å². The van der Waals surface area contributed by atoms with E-state index in [0.717, 1.165) is 18.6 Å². The van der Waals surface area contributed by atoms with Crippen LogP contribution in [-0.4, -0.2) is 43.7 Å². The minimum Gasteiger partial charge on any atom is -0.491 e. The Labute approximate surface area is 113 Å². The van der Waals surface area contributed by atoms with Crippen LogP contribution in [0.2, 0.25) is 0 Å². The highest BCUT2D eigenvalue weighted by atomic mass is 16.6. The van der Waals surface area contributed by atoms with Gasteiger partial charge in [-0.2, -0.15) is 0 Å². The van der Waals surface area contributed by atoms with E-state index in [4.69, 9.17) is 19.9 Å². The maximum atomic E-state index is 9.78. The van der Waals surface area contributed by atoms with Gasteiger partial charge in [0, 0.05) is 13.2 Å². The molecule has 106 valence electrons. The van der Waals surface area contributed by atoms with E-state index in [1.165, 1.54) is 0 Å². The van der Waals surface area contributed by atoms with Gasteiger partial charge in [0.1, 0.15) is 18.5 Å². The highest BCUT2D eigenvalue weighted by Gasteiger charge is 2.17. The zero-order valence-corrected chi connectivity index (χ0v) is 11.0. The van der Waals surface area contributed by atoms with E-state index in [9.17, 15) is 5.11 Å². The summed E-state index contributed by atoms with van der Waals surface area (Å²) in [5.74, 6) is 0.714. The van der Waals surface area contributed by atoms with E-state index in [0.29, 0.717) is 18.9 Å². The second kappa shape index (κ2) is 7.45. The lowest BCUT2D eigenvalue weighted by molar-refractivity contribution is -0.0264. The normalized spacial score (nSPS) is 20.4. The van der Waals surface area contributed by atoms with Crippen molar-refractivity contribution in [3.05, 3.63) is 29.8 Å². The molecule has 0 bridgehead atoms. The zero-order chi connectivity index (χ0) is 13.5. The first-order chi connectivity index (χ1) is 9.28. The predicted octanol–water partition coefficient (Wildman–Crippen LogP) is 0.690. The summed E-state index contributed by atoms with van der Waals surface area (Å²) in [6, 6.07) is 7.54. The summed E-state index contributed by atoms with van der Waals surface area (Å²) < 4.78 is 16.2. The summed E-state index contributed by atoms with van der Waals surface area (Å²) in [5.41, 5.74) is 6.56. The van der Waals surface area contributed by atoms with Crippen molar-refractivity contribution in [2.45, 2.75) is 25.2 Å². The summed E-state index contributed by atoms with van der Waals surface area (Å²) in [6.45, 7) is 2.31. The van der Waals surface area contributed by atoms with Gasteiger partial charge >= 0.3 is 0 Å². The fourth-order valence-electron chi connectivity index (χ4n) is 1.89. The molecule has 0 radical (unpaired) electrons. The maximum Gasteiger partial charge on any atom is 0.119 e. The van der Waals surface area contributed by atoms with E-state index >= 15 is 0 Å². The number of aliphatic hydroxyl groups is 1. The number of benzene rings is 1. The predicted molar refractivity (Wildman–Crippen MR) is 71.0 cm³/mol. The highest BCUT2D eigenvalue weighted by molar-refractivity contribution is 5.28. The number of hydrogen-bond acceptors (Lipinski definition) is 5. The van der Waals surface area contributed by atoms with Crippen molar-refractivity contribution in [3.8, 4) is 5.75 Å². The van der Waals surface area contributed by atoms with Crippen LogP contribution in [0.4, 0.5) is 0 Å². The molecule has 1 aromatic rings. The second-order valence-electron chi connectivity index (χ2n) is 4.64. The molecule has 2 rings (SSSR count). The van der Waals surface area contributed by atoms with Gasteiger partial charge in [0.2, 0.25) is 0 Å². The molecule has 3 N–H and O–H groups in total. The molecule has 1 aliphatic rings. The molecule has 1 heterocycles. The number of hydrogen-bond donors (Lipinski definition) is 2. The molecule has 1 saturated heterocycles. The molecule has 19 heavy (non-hydrogen) atoms. The lowest BCUT2D eigenvalue weighted by atomic mass is 10.2. The molecule has 2 unspecified atom stereocenters. The monoisotopic (exact) mass is 267 g/mol. The molecular weight excluding hydrogens is 246 g/mol. The number of rotatable bonds is 7. The highest BCUT2D eigenvalue weighted by Crippen LogP contribution is 2.13. The molecular formula is C14H21NO4. The third-order valence-corrected chi connectivity index (χ3v) is 2.99. The van der Waals surface area contributed by atoms with Crippen LogP contribution in [0.5, 0.6) is 5.75 Å². The van der Waals surface area contributed by atoms with Crippen molar-refractivity contribution < 1.29 is 19.3 Å². The summed E-state index contributed by atoms with van der Waals surface area (Å²) in [6.07, 6.45) is 0.365. The third-order valence-electron chi connectivity index (χ3n) is 2.99. The summed E-state index contributed by atoms with van der Waals surface area (Å²) in [4.78, 5) is 0. The van der Waals surface area contributed by atoms with Gasteiger partial charge in [-0.05, 0) is 24.1 Å². The Morgan fingerprint density at radius 1 is 1.42 bits per heavy atom. The van der Waals surface area contributed by atoms with Crippen LogP contribution >= 0.6 is 0 Å². The topological polar surface area (TPSA) is 73.9 Å². The van der Waals surface area contributed by atoms with Crippen LogP contribution in [-0.2, 0) is 16.0 Å². The molecule has 0 aliphatic carbocycles. The Hall–Kier alpha value is -1.14. The Morgan fingerprint density at radius 2 is 2.32 bits per heavy atom. The average molecular weight is 267 g/mol. The van der Waals surface area contributed by atoms with E-state index in [-0.39, 0.29) is 19.3 Å². The zero-order valence-electron chi connectivity index (χ0n) is 11.0. The van der Waals surface area contributed by atoms with Crippen LogP contribution < -0.4 is 10.5 Å². The molecule has 5 nitrogen and oxygen atoms in total. The van der Waals surface area contributed by atoms with Gasteiger partial charge < -0.3 is 25.1 Å². The SMILES string of the molecule is NCc1cccc(OCC(O)COC2CCOC2)c1. The van der Waals surface area contributed by atoms with E-state index in [1.807, 2.05) is 24.3 Å². The maximum absolute atomic E-state index is 9.78. The average Bonchev–Trinajstić information content (AvgIpc) is 2.96. The molecule has 1 fully saturated rings. The first kappa shape index (κ1) is 14.3. The molecule has 0 spiro atoms. The van der Waals surface area contributed by atoms with Gasteiger partial charge in [0.05, 0.1) is 19.3 Å². The molecule has 0 saturated carbocycles. The number of nitrogens with two attached hydrogens (primary N) is 1. The summed E-state index contributed by atoms with van der Waals surface area (Å²) in [7, 11) is 0. The van der Waals surface area contributed by atoms with Crippen molar-refractivity contribution in [2.24, 2.45) is 5.73 Å². The lowest BCUT2D eigenvalue weighted by Crippen LogP contribution is -2.27. The van der Waals surface area contributed by atoms with Gasteiger partial charge in [-0.3, -0.25) is 0 Å². The van der Waals surface area contributed by atoms with Crippen LogP contribution in [0.15, 0.2) is 24.3 Å². The van der Waals surface area contributed by atoms with E-state index in [1.54, 1.807) is 0 Å². The van der Waals surface area contributed by atoms with Gasteiger partial charge in [0.15, 0.2) is 0 Å². The Morgan fingerprint density at radius 3 is 3.05 bits per heavy atom. The minimum atomic E-state index is -0.637. The second-order valence-corrected chi connectivity index (χ2v) is 4.64. The molecule has 0 aromatic heterocycles. The molecule has 0 amide bonds. The molecule has 1 aliphatic heterocycles. The first-order valence-corrected chi connectivity index (χ1v) is 6.57. The fourth-order valence-corrected chi connectivity index (χ4v) is 1.89. The van der Waals surface area contributed by atoms with Crippen molar-refractivity contribution >= 4 is 0 Å². The number of aliphatic hydroxyl groups excluding tert-OH is 1. The van der Waals surface area contributed by atoms with E-state index < -0.39 is 6.10 Å². The van der Waals surface area contributed by atoms with Gasteiger partial charge in [0.25, 0.3) is 0 Å². The van der Waals surface area contributed by atoms with Crippen LogP contribution in [0.25, 0.3) is 0 Å². The van der Waals surface area contributed by atoms with Crippen LogP contribution in [0.1, 0.15) is 12.0 Å². The van der Waals surface area contributed by atoms with Crippen molar-refractivity contribution in [2.75, 3.05) is 26.4 Å². The summed E-state index contributed by atoms with van der Waals surface area (Å²) >= 11 is 0. The Kier molecular flexibility index (Phi) is 5.60. The molecule has 5 heteroatoms. The molecule has 1 aromatic carbocycles. The summed E-state index contributed by atoms with van der Waals surface area (Å²) in [5, 5.41) is 9.78. The Bertz CT molecular complexity index is 379. The van der Waals surface area contributed by atoms with E-state index in [2.05, 4.69) is 0 Å².